The summed E-state index contributed by atoms with van der Waals surface area (Å²) >= 11 is 12.3. The van der Waals surface area contributed by atoms with Crippen molar-refractivity contribution >= 4 is 41.6 Å². The number of halogens is 3. The van der Waals surface area contributed by atoms with Crippen LogP contribution in [0, 0.1) is 0 Å². The topological polar surface area (TPSA) is 71.9 Å². The number of benzene rings is 1. The average molecular weight is 448 g/mol. The first-order valence-electron chi connectivity index (χ1n) is 8.60. The summed E-state index contributed by atoms with van der Waals surface area (Å²) in [5, 5.41) is 9.94. The summed E-state index contributed by atoms with van der Waals surface area (Å²) in [6.45, 7) is 2.66. The Bertz CT molecular complexity index is 769. The molecule has 1 aromatic heterocycles. The third-order valence-electron chi connectivity index (χ3n) is 4.33. The molecule has 0 aliphatic carbocycles. The molecule has 1 aromatic carbocycles. The van der Waals surface area contributed by atoms with Crippen LogP contribution in [0.3, 0.4) is 0 Å². The lowest BCUT2D eigenvalue weighted by atomic mass is 10.2. The minimum Gasteiger partial charge on any atom is -0.487 e. The predicted octanol–water partition coefficient (Wildman–Crippen LogP) is 4.24. The van der Waals surface area contributed by atoms with Gasteiger partial charge in [0.2, 0.25) is 0 Å². The number of morpholine rings is 1. The summed E-state index contributed by atoms with van der Waals surface area (Å²) in [5.41, 5.74) is 1.52. The Kier molecular flexibility index (Phi) is 8.79. The van der Waals surface area contributed by atoms with Crippen molar-refractivity contribution in [1.29, 1.82) is 0 Å². The molecule has 0 spiro atoms. The zero-order valence-corrected chi connectivity index (χ0v) is 17.3. The third kappa shape index (κ3) is 6.22. The van der Waals surface area contributed by atoms with Crippen LogP contribution >= 0.6 is 35.6 Å². The SMILES string of the molecule is Cl.O=C(O)CCN1CCOC(c2ccc(OCc3c(Cl)cccc3Cl)cn2)C1. The first kappa shape index (κ1) is 22.7. The molecule has 0 saturated carbocycles. The molecule has 2 aromatic rings. The Morgan fingerprint density at radius 2 is 2.04 bits per heavy atom. The summed E-state index contributed by atoms with van der Waals surface area (Å²) < 4.78 is 11.5. The zero-order valence-electron chi connectivity index (χ0n) is 15.0. The number of hydrogen-bond donors (Lipinski definition) is 1. The summed E-state index contributed by atoms with van der Waals surface area (Å²) in [7, 11) is 0. The number of rotatable bonds is 7. The molecule has 0 bridgehead atoms. The molecular weight excluding hydrogens is 427 g/mol. The van der Waals surface area contributed by atoms with Gasteiger partial charge in [0.25, 0.3) is 0 Å². The lowest BCUT2D eigenvalue weighted by Gasteiger charge is -2.32. The highest BCUT2D eigenvalue weighted by molar-refractivity contribution is 6.35. The zero-order chi connectivity index (χ0) is 19.2. The monoisotopic (exact) mass is 446 g/mol. The van der Waals surface area contributed by atoms with E-state index in [1.165, 1.54) is 0 Å². The van der Waals surface area contributed by atoms with Gasteiger partial charge in [-0.2, -0.15) is 0 Å². The Hall–Kier alpha value is -1.57. The number of aromatic nitrogens is 1. The highest BCUT2D eigenvalue weighted by Crippen LogP contribution is 2.26. The highest BCUT2D eigenvalue weighted by atomic mass is 35.5. The van der Waals surface area contributed by atoms with E-state index in [1.807, 2.05) is 12.1 Å². The second-order valence-corrected chi connectivity index (χ2v) is 7.03. The van der Waals surface area contributed by atoms with Gasteiger partial charge in [0.15, 0.2) is 0 Å². The van der Waals surface area contributed by atoms with E-state index in [0.717, 1.165) is 17.8 Å². The van der Waals surface area contributed by atoms with E-state index < -0.39 is 5.97 Å². The lowest BCUT2D eigenvalue weighted by Crippen LogP contribution is -2.39. The molecule has 2 heterocycles. The largest absolute Gasteiger partial charge is 0.487 e. The predicted molar refractivity (Wildman–Crippen MR) is 110 cm³/mol. The van der Waals surface area contributed by atoms with E-state index in [2.05, 4.69) is 9.88 Å². The molecule has 1 atom stereocenters. The molecule has 0 amide bonds. The smallest absolute Gasteiger partial charge is 0.304 e. The molecule has 1 N–H and O–H groups in total. The molecule has 152 valence electrons. The summed E-state index contributed by atoms with van der Waals surface area (Å²) in [5.74, 6) is -0.190. The van der Waals surface area contributed by atoms with Crippen LogP contribution in [-0.4, -0.2) is 47.2 Å². The number of carbonyl (C=O) groups is 1. The number of nitrogens with zero attached hydrogens (tertiary/aromatic N) is 2. The van der Waals surface area contributed by atoms with E-state index >= 15 is 0 Å². The standard InChI is InChI=1S/C19H20Cl2N2O4.ClH/c20-15-2-1-3-16(21)14(15)12-27-13-4-5-17(22-10-13)18-11-23(8-9-26-18)7-6-19(24)25;/h1-5,10,18H,6-9,11-12H2,(H,24,25);1H. The van der Waals surface area contributed by atoms with Crippen LogP contribution in [0.25, 0.3) is 0 Å². The maximum absolute atomic E-state index is 10.7. The van der Waals surface area contributed by atoms with E-state index in [-0.39, 0.29) is 31.5 Å². The van der Waals surface area contributed by atoms with Gasteiger partial charge < -0.3 is 14.6 Å². The molecule has 1 aliphatic heterocycles. The van der Waals surface area contributed by atoms with Gasteiger partial charge >= 0.3 is 5.97 Å². The number of aliphatic carboxylic acids is 1. The van der Waals surface area contributed by atoms with Crippen molar-refractivity contribution < 1.29 is 19.4 Å². The molecule has 6 nitrogen and oxygen atoms in total. The van der Waals surface area contributed by atoms with Gasteiger partial charge in [-0.05, 0) is 24.3 Å². The van der Waals surface area contributed by atoms with Gasteiger partial charge in [-0.15, -0.1) is 12.4 Å². The normalized spacial score (nSPS) is 17.0. The molecule has 3 rings (SSSR count). The van der Waals surface area contributed by atoms with Crippen LogP contribution in [0.1, 0.15) is 23.8 Å². The molecule has 0 radical (unpaired) electrons. The Morgan fingerprint density at radius 3 is 2.68 bits per heavy atom. The van der Waals surface area contributed by atoms with Gasteiger partial charge in [-0.25, -0.2) is 0 Å². The van der Waals surface area contributed by atoms with Crippen LogP contribution in [0.2, 0.25) is 10.0 Å². The van der Waals surface area contributed by atoms with Gasteiger partial charge in [0.1, 0.15) is 18.5 Å². The lowest BCUT2D eigenvalue weighted by molar-refractivity contribution is -0.137. The number of hydrogen-bond acceptors (Lipinski definition) is 5. The second-order valence-electron chi connectivity index (χ2n) is 6.21. The summed E-state index contributed by atoms with van der Waals surface area (Å²) in [4.78, 5) is 17.2. The van der Waals surface area contributed by atoms with Gasteiger partial charge in [-0.1, -0.05) is 29.3 Å². The van der Waals surface area contributed by atoms with Crippen LogP contribution < -0.4 is 4.74 Å². The number of ether oxygens (including phenoxy) is 2. The van der Waals surface area contributed by atoms with Crippen LogP contribution in [0.5, 0.6) is 5.75 Å². The Labute approximate surface area is 179 Å². The minimum absolute atomic E-state index is 0. The summed E-state index contributed by atoms with van der Waals surface area (Å²) in [6.07, 6.45) is 1.58. The van der Waals surface area contributed by atoms with Crippen molar-refractivity contribution in [3.8, 4) is 5.75 Å². The number of carboxylic acid groups (broad SMARTS) is 1. The van der Waals surface area contributed by atoms with Gasteiger partial charge in [0, 0.05) is 35.2 Å². The second kappa shape index (κ2) is 10.8. The van der Waals surface area contributed by atoms with Crippen molar-refractivity contribution in [3.05, 3.63) is 57.8 Å². The van der Waals surface area contributed by atoms with Crippen molar-refractivity contribution in [2.75, 3.05) is 26.2 Å². The highest BCUT2D eigenvalue weighted by Gasteiger charge is 2.23. The van der Waals surface area contributed by atoms with E-state index in [0.29, 0.717) is 35.5 Å². The molecule has 1 unspecified atom stereocenters. The van der Waals surface area contributed by atoms with Gasteiger partial charge in [-0.3, -0.25) is 14.7 Å². The average Bonchev–Trinajstić information content (AvgIpc) is 2.67. The molecule has 1 fully saturated rings. The fourth-order valence-electron chi connectivity index (χ4n) is 2.83. The Balaban J connectivity index is 0.00000280. The molecular formula is C19H21Cl3N2O4. The van der Waals surface area contributed by atoms with Crippen LogP contribution in [0.15, 0.2) is 36.5 Å². The van der Waals surface area contributed by atoms with Crippen molar-refractivity contribution in [2.45, 2.75) is 19.1 Å². The molecule has 9 heteroatoms. The first-order chi connectivity index (χ1) is 13.0. The molecule has 28 heavy (non-hydrogen) atoms. The van der Waals surface area contributed by atoms with E-state index in [9.17, 15) is 4.79 Å². The first-order valence-corrected chi connectivity index (χ1v) is 9.36. The van der Waals surface area contributed by atoms with Crippen molar-refractivity contribution in [3.63, 3.8) is 0 Å². The fraction of sp³-hybridized carbons (Fsp3) is 0.368. The van der Waals surface area contributed by atoms with Crippen LogP contribution in [0.4, 0.5) is 0 Å². The van der Waals surface area contributed by atoms with Crippen molar-refractivity contribution in [1.82, 2.24) is 9.88 Å². The number of carboxylic acids is 1. The third-order valence-corrected chi connectivity index (χ3v) is 5.03. The van der Waals surface area contributed by atoms with Crippen LogP contribution in [-0.2, 0) is 16.1 Å². The minimum atomic E-state index is -0.795. The molecule has 1 aliphatic rings. The maximum atomic E-state index is 10.7. The van der Waals surface area contributed by atoms with E-state index in [1.54, 1.807) is 24.4 Å². The maximum Gasteiger partial charge on any atom is 0.304 e. The quantitative estimate of drug-likeness (QED) is 0.684. The number of pyridine rings is 1. The molecule has 1 saturated heterocycles. The summed E-state index contributed by atoms with van der Waals surface area (Å²) in [6, 6.07) is 9.00. The fourth-order valence-corrected chi connectivity index (χ4v) is 3.34. The Morgan fingerprint density at radius 1 is 1.29 bits per heavy atom. The van der Waals surface area contributed by atoms with Crippen molar-refractivity contribution in [2.24, 2.45) is 0 Å². The van der Waals surface area contributed by atoms with Gasteiger partial charge in [0.05, 0.1) is 24.9 Å². The van der Waals surface area contributed by atoms with E-state index in [4.69, 9.17) is 37.8 Å².